The summed E-state index contributed by atoms with van der Waals surface area (Å²) in [4.78, 5) is 10.3. The van der Waals surface area contributed by atoms with Gasteiger partial charge in [-0.3, -0.25) is 0 Å². The van der Waals surface area contributed by atoms with E-state index < -0.39 is 0 Å². The van der Waals surface area contributed by atoms with Crippen molar-refractivity contribution < 1.29 is 0 Å². The van der Waals surface area contributed by atoms with Crippen LogP contribution in [0.4, 0.5) is 39.8 Å². The van der Waals surface area contributed by atoms with E-state index in [1.807, 2.05) is 11.8 Å². The fourth-order valence-corrected chi connectivity index (χ4v) is 12.7. The van der Waals surface area contributed by atoms with Crippen LogP contribution in [0.1, 0.15) is 55.9 Å². The quantitative estimate of drug-likeness (QED) is 0.154. The number of nitrogens with zero attached hydrogens (tertiary/aromatic N) is 3. The summed E-state index contributed by atoms with van der Waals surface area (Å²) >= 11 is 1.94. The number of anilines is 7. The predicted octanol–water partition coefficient (Wildman–Crippen LogP) is 17.8. The maximum atomic E-state index is 2.52. The molecule has 0 saturated carbocycles. The van der Waals surface area contributed by atoms with Gasteiger partial charge in [-0.2, -0.15) is 0 Å². The van der Waals surface area contributed by atoms with E-state index in [4.69, 9.17) is 0 Å². The third-order valence-electron chi connectivity index (χ3n) is 14.8. The number of para-hydroxylation sites is 5. The Bertz CT molecular complexity index is 3460. The first-order chi connectivity index (χ1) is 33.4. The van der Waals surface area contributed by atoms with Crippen LogP contribution >= 0.6 is 11.8 Å². The lowest BCUT2D eigenvalue weighted by Gasteiger charge is -2.43. The third-order valence-corrected chi connectivity index (χ3v) is 16.0. The lowest BCUT2D eigenvalue weighted by molar-refractivity contribution is 0.660. The van der Waals surface area contributed by atoms with Crippen LogP contribution in [0.15, 0.2) is 222 Å². The summed E-state index contributed by atoms with van der Waals surface area (Å²) < 4.78 is 0. The third kappa shape index (κ3) is 6.57. The number of benzene rings is 8. The summed E-state index contributed by atoms with van der Waals surface area (Å²) in [6, 6.07) is 63.6. The highest BCUT2D eigenvalue weighted by molar-refractivity contribution is 8.03. The Morgan fingerprint density at radius 1 is 0.544 bits per heavy atom. The number of rotatable bonds is 6. The molecule has 8 aromatic rings. The summed E-state index contributed by atoms with van der Waals surface area (Å²) in [7, 11) is 0. The second-order valence-corrected chi connectivity index (χ2v) is 20.5. The summed E-state index contributed by atoms with van der Waals surface area (Å²) in [5.74, 6) is 0.549. The van der Waals surface area contributed by atoms with Crippen LogP contribution in [0.5, 0.6) is 0 Å². The normalized spacial score (nSPS) is 18.4. The minimum absolute atomic E-state index is 0.145. The number of hydrogen-bond donors (Lipinski definition) is 0. The first-order valence-electron chi connectivity index (χ1n) is 24.1. The minimum Gasteiger partial charge on any atom is -0.331 e. The molecule has 0 bridgehead atoms. The van der Waals surface area contributed by atoms with Gasteiger partial charge in [0.1, 0.15) is 0 Å². The van der Waals surface area contributed by atoms with Crippen LogP contribution in [0.3, 0.4) is 0 Å². The molecule has 8 aromatic carbocycles. The monoisotopic (exact) mass is 893 g/mol. The van der Waals surface area contributed by atoms with E-state index in [0.29, 0.717) is 5.92 Å². The summed E-state index contributed by atoms with van der Waals surface area (Å²) in [6.45, 7) is 7.10. The van der Waals surface area contributed by atoms with Gasteiger partial charge in [0, 0.05) is 26.3 Å². The number of allylic oxidation sites excluding steroid dienone is 5. The van der Waals surface area contributed by atoms with Crippen molar-refractivity contribution in [2.75, 3.05) is 14.7 Å². The van der Waals surface area contributed by atoms with Crippen molar-refractivity contribution in [3.05, 3.63) is 239 Å². The molecular weight excluding hydrogens is 843 g/mol. The van der Waals surface area contributed by atoms with E-state index in [2.05, 4.69) is 254 Å². The van der Waals surface area contributed by atoms with Crippen molar-refractivity contribution >= 4 is 74.5 Å². The van der Waals surface area contributed by atoms with Crippen LogP contribution in [0.25, 0.3) is 45.2 Å². The summed E-state index contributed by atoms with van der Waals surface area (Å²) in [6.07, 6.45) is 20.2. The van der Waals surface area contributed by atoms with Gasteiger partial charge in [-0.15, -0.1) is 0 Å². The molecule has 4 heteroatoms. The Labute approximate surface area is 404 Å². The van der Waals surface area contributed by atoms with E-state index in [1.165, 1.54) is 111 Å². The molecule has 2 aliphatic heterocycles. The molecule has 13 rings (SSSR count). The zero-order chi connectivity index (χ0) is 45.5. The fourth-order valence-electron chi connectivity index (χ4n) is 11.4. The first kappa shape index (κ1) is 40.7. The molecule has 0 spiro atoms. The largest absolute Gasteiger partial charge is 0.331 e. The van der Waals surface area contributed by atoms with Gasteiger partial charge in [-0.05, 0) is 129 Å². The maximum Gasteiger partial charge on any atom is 0.0700 e. The van der Waals surface area contributed by atoms with Gasteiger partial charge in [0.15, 0.2) is 0 Å². The second kappa shape index (κ2) is 16.1. The molecule has 3 nitrogen and oxygen atoms in total. The lowest BCUT2D eigenvalue weighted by atomic mass is 9.81. The van der Waals surface area contributed by atoms with Gasteiger partial charge < -0.3 is 14.7 Å². The Kier molecular flexibility index (Phi) is 9.63. The van der Waals surface area contributed by atoms with Crippen LogP contribution < -0.4 is 14.7 Å². The molecule has 3 aliphatic carbocycles. The van der Waals surface area contributed by atoms with Gasteiger partial charge in [0.05, 0.1) is 45.9 Å². The summed E-state index contributed by atoms with van der Waals surface area (Å²) in [5, 5.41) is 2.46. The Morgan fingerprint density at radius 2 is 1.18 bits per heavy atom. The zero-order valence-electron chi connectivity index (χ0n) is 38.6. The molecule has 0 aromatic heterocycles. The van der Waals surface area contributed by atoms with E-state index in [-0.39, 0.29) is 11.5 Å². The average molecular weight is 894 g/mol. The lowest BCUT2D eigenvalue weighted by Crippen LogP contribution is -2.34. The van der Waals surface area contributed by atoms with Crippen molar-refractivity contribution in [1.29, 1.82) is 0 Å². The molecule has 0 N–H and O–H groups in total. The molecule has 2 heterocycles. The van der Waals surface area contributed by atoms with E-state index in [9.17, 15) is 0 Å². The van der Waals surface area contributed by atoms with Crippen molar-refractivity contribution in [2.45, 2.75) is 50.0 Å². The molecule has 5 aliphatic rings. The number of thioether (sulfide) groups is 1. The van der Waals surface area contributed by atoms with Crippen molar-refractivity contribution in [1.82, 2.24) is 0 Å². The van der Waals surface area contributed by atoms with Gasteiger partial charge >= 0.3 is 0 Å². The molecule has 0 saturated heterocycles. The van der Waals surface area contributed by atoms with E-state index in [1.54, 1.807) is 0 Å². The molecule has 2 unspecified atom stereocenters. The second-order valence-electron chi connectivity index (χ2n) is 19.3. The number of hydrogen-bond acceptors (Lipinski definition) is 4. The van der Waals surface area contributed by atoms with Gasteiger partial charge in [-0.1, -0.05) is 190 Å². The van der Waals surface area contributed by atoms with Crippen molar-refractivity contribution in [3.8, 4) is 22.3 Å². The fraction of sp³-hybridized carbons (Fsp3) is 0.125. The van der Waals surface area contributed by atoms with Crippen LogP contribution in [0, 0.1) is 5.92 Å². The smallest absolute Gasteiger partial charge is 0.0700 e. The van der Waals surface area contributed by atoms with Crippen molar-refractivity contribution in [2.24, 2.45) is 5.92 Å². The maximum absolute atomic E-state index is 2.52. The van der Waals surface area contributed by atoms with Crippen molar-refractivity contribution in [3.63, 3.8) is 0 Å². The van der Waals surface area contributed by atoms with Gasteiger partial charge in [-0.25, -0.2) is 0 Å². The Balaban J connectivity index is 0.786. The Morgan fingerprint density at radius 3 is 1.93 bits per heavy atom. The Hall–Kier alpha value is -7.53. The van der Waals surface area contributed by atoms with E-state index in [0.717, 1.165) is 12.8 Å². The van der Waals surface area contributed by atoms with Gasteiger partial charge in [0.25, 0.3) is 0 Å². The molecule has 2 atom stereocenters. The van der Waals surface area contributed by atoms with Crippen LogP contribution in [-0.2, 0) is 5.41 Å². The summed E-state index contributed by atoms with van der Waals surface area (Å²) in [5.41, 5.74) is 19.9. The molecule has 0 amide bonds. The van der Waals surface area contributed by atoms with E-state index >= 15 is 0 Å². The first-order valence-corrected chi connectivity index (χ1v) is 24.9. The highest BCUT2D eigenvalue weighted by Gasteiger charge is 2.38. The average Bonchev–Trinajstić information content (AvgIpc) is 3.61. The minimum atomic E-state index is -0.145. The molecule has 0 radical (unpaired) electrons. The zero-order valence-corrected chi connectivity index (χ0v) is 39.4. The van der Waals surface area contributed by atoms with Gasteiger partial charge in [0.2, 0.25) is 0 Å². The highest BCUT2D eigenvalue weighted by atomic mass is 32.2. The van der Waals surface area contributed by atoms with Crippen LogP contribution in [-0.4, -0.2) is 6.04 Å². The highest BCUT2D eigenvalue weighted by Crippen LogP contribution is 2.56. The predicted molar refractivity (Wildman–Crippen MR) is 290 cm³/mol. The van der Waals surface area contributed by atoms with Crippen LogP contribution in [0.2, 0.25) is 0 Å². The SMILES string of the molecule is CC1C=CC2=C(C1)Sc1ccccc1N2c1ccc2c(c1)C(C)(C)c1cc(C=Cc3ccc(-c4ccc(N5c6ccccc6N(C6C=CC=CC6)c6ccccc65)c5ccccc45)cc3)ccc1-2. The molecule has 328 valence electrons. The molecular formula is C64H51N3S. The molecule has 0 fully saturated rings. The molecule has 68 heavy (non-hydrogen) atoms. The number of fused-ring (bicyclic) bond motifs is 7. The topological polar surface area (TPSA) is 9.72 Å². The standard InChI is InChI=1S/C64H51N3S/c1-42-25-37-61-63(39-42)68-62-24-14-13-23-60(62)66(61)47-33-35-51-50-34-30-44(40-53(50)64(2,3)54(51)41-47)27-26-43-28-31-45(32-29-43)48-36-38-55(52-18-8-7-17-49(48)52)67-58-21-11-9-19-56(58)65(46-15-5-4-6-16-46)57-20-10-12-22-59(57)67/h4-15,17-38,40-42,46H,16,39H2,1-3H3.